The van der Waals surface area contributed by atoms with Gasteiger partial charge in [-0.1, -0.05) is 69.5 Å². The van der Waals surface area contributed by atoms with E-state index in [1.54, 1.807) is 12.1 Å². The fourth-order valence-electron chi connectivity index (χ4n) is 3.69. The van der Waals surface area contributed by atoms with Crippen LogP contribution in [0.25, 0.3) is 0 Å². The Balaban J connectivity index is 1.61. The van der Waals surface area contributed by atoms with E-state index in [-0.39, 0.29) is 12.5 Å². The largest absolute Gasteiger partial charge is 0.494 e. The fraction of sp³-hybridized carbons (Fsp3) is 0.556. The molecule has 2 aromatic rings. The minimum Gasteiger partial charge on any atom is -0.494 e. The van der Waals surface area contributed by atoms with Crippen LogP contribution in [0.5, 0.6) is 11.5 Å². The SMILES string of the molecule is CCCCCCCCCCOc1ccc(OCC(=O)NCCc2cccc[n+]2CC)c(Cl)c1. The van der Waals surface area contributed by atoms with Crippen molar-refractivity contribution in [3.63, 3.8) is 0 Å². The Morgan fingerprint density at radius 1 is 0.970 bits per heavy atom. The smallest absolute Gasteiger partial charge is 0.257 e. The van der Waals surface area contributed by atoms with Crippen LogP contribution in [0.15, 0.2) is 42.6 Å². The number of pyridine rings is 1. The predicted molar refractivity (Wildman–Crippen MR) is 134 cm³/mol. The van der Waals surface area contributed by atoms with Crippen LogP contribution in [0.3, 0.4) is 0 Å². The van der Waals surface area contributed by atoms with E-state index in [1.807, 2.05) is 24.4 Å². The summed E-state index contributed by atoms with van der Waals surface area (Å²) in [4.78, 5) is 12.1. The molecule has 1 heterocycles. The quantitative estimate of drug-likeness (QED) is 0.229. The summed E-state index contributed by atoms with van der Waals surface area (Å²) >= 11 is 6.31. The minimum atomic E-state index is -0.167. The average molecular weight is 476 g/mol. The molecular formula is C27H40ClN2O3+. The molecule has 5 nitrogen and oxygen atoms in total. The minimum absolute atomic E-state index is 0.0687. The lowest BCUT2D eigenvalue weighted by Gasteiger charge is -2.11. The molecule has 0 aliphatic rings. The number of carbonyl (C=O) groups is 1. The Morgan fingerprint density at radius 2 is 1.73 bits per heavy atom. The van der Waals surface area contributed by atoms with Gasteiger partial charge in [-0.3, -0.25) is 4.79 Å². The zero-order chi connectivity index (χ0) is 23.7. The first-order valence-electron chi connectivity index (χ1n) is 12.4. The molecule has 0 radical (unpaired) electrons. The number of amides is 1. The monoisotopic (exact) mass is 475 g/mol. The summed E-state index contributed by atoms with van der Waals surface area (Å²) in [7, 11) is 0. The molecule has 1 amide bonds. The third-order valence-corrected chi connectivity index (χ3v) is 5.90. The van der Waals surface area contributed by atoms with Gasteiger partial charge in [0.1, 0.15) is 18.0 Å². The van der Waals surface area contributed by atoms with Crippen molar-refractivity contribution in [1.82, 2.24) is 5.32 Å². The van der Waals surface area contributed by atoms with Gasteiger partial charge in [-0.25, -0.2) is 4.57 Å². The lowest BCUT2D eigenvalue weighted by atomic mass is 10.1. The fourth-order valence-corrected chi connectivity index (χ4v) is 3.91. The number of unbranched alkanes of at least 4 members (excludes halogenated alkanes) is 7. The third-order valence-electron chi connectivity index (χ3n) is 5.61. The number of rotatable bonds is 17. The van der Waals surface area contributed by atoms with E-state index in [0.717, 1.165) is 25.1 Å². The first-order valence-corrected chi connectivity index (χ1v) is 12.8. The van der Waals surface area contributed by atoms with E-state index >= 15 is 0 Å². The van der Waals surface area contributed by atoms with Crippen molar-refractivity contribution >= 4 is 17.5 Å². The predicted octanol–water partition coefficient (Wildman–Crippen LogP) is 5.90. The van der Waals surface area contributed by atoms with Gasteiger partial charge < -0.3 is 14.8 Å². The molecule has 0 fully saturated rings. The number of carbonyl (C=O) groups excluding carboxylic acids is 1. The van der Waals surface area contributed by atoms with E-state index in [9.17, 15) is 4.79 Å². The third kappa shape index (κ3) is 10.9. The molecule has 2 rings (SSSR count). The van der Waals surface area contributed by atoms with Crippen LogP contribution in [0.4, 0.5) is 0 Å². The van der Waals surface area contributed by atoms with Gasteiger partial charge in [-0.05, 0) is 25.5 Å². The van der Waals surface area contributed by atoms with Crippen LogP contribution in [-0.4, -0.2) is 25.7 Å². The standard InChI is InChI=1S/C27H39ClN2O3/c1-3-5-6-7-8-9-10-13-20-32-24-15-16-26(25(28)21-24)33-22-27(31)29-18-17-23-14-11-12-19-30(23)4-2/h11-12,14-16,19,21H,3-10,13,17-18,20,22H2,1-2H3/p+1. The molecule has 0 saturated heterocycles. The number of hydrogen-bond donors (Lipinski definition) is 1. The van der Waals surface area contributed by atoms with Crippen molar-refractivity contribution in [2.45, 2.75) is 78.2 Å². The van der Waals surface area contributed by atoms with E-state index in [1.165, 1.54) is 50.6 Å². The Kier molecular flexibility index (Phi) is 13.4. The first kappa shape index (κ1) is 27.0. The summed E-state index contributed by atoms with van der Waals surface area (Å²) in [5.41, 5.74) is 1.19. The molecule has 1 aromatic carbocycles. The van der Waals surface area contributed by atoms with E-state index in [4.69, 9.17) is 21.1 Å². The van der Waals surface area contributed by atoms with Gasteiger partial charge in [0.15, 0.2) is 18.5 Å². The summed E-state index contributed by atoms with van der Waals surface area (Å²) in [5, 5.41) is 3.35. The van der Waals surface area contributed by atoms with Crippen molar-refractivity contribution in [2.75, 3.05) is 19.8 Å². The van der Waals surface area contributed by atoms with Gasteiger partial charge in [0.25, 0.3) is 5.91 Å². The highest BCUT2D eigenvalue weighted by Gasteiger charge is 2.10. The lowest BCUT2D eigenvalue weighted by molar-refractivity contribution is -0.700. The summed E-state index contributed by atoms with van der Waals surface area (Å²) in [5.74, 6) is 1.05. The van der Waals surface area contributed by atoms with Crippen LogP contribution in [0.2, 0.25) is 5.02 Å². The van der Waals surface area contributed by atoms with E-state index in [2.05, 4.69) is 29.8 Å². The number of ether oxygens (including phenoxy) is 2. The van der Waals surface area contributed by atoms with Crippen LogP contribution in [0.1, 0.15) is 70.9 Å². The van der Waals surface area contributed by atoms with Gasteiger partial charge in [-0.15, -0.1) is 0 Å². The van der Waals surface area contributed by atoms with Crippen molar-refractivity contribution in [3.05, 3.63) is 53.3 Å². The molecule has 33 heavy (non-hydrogen) atoms. The molecule has 6 heteroatoms. The van der Waals surface area contributed by atoms with Crippen molar-refractivity contribution in [1.29, 1.82) is 0 Å². The molecule has 0 aliphatic carbocycles. The zero-order valence-corrected chi connectivity index (χ0v) is 21.0. The molecular weight excluding hydrogens is 436 g/mol. The van der Waals surface area contributed by atoms with Crippen LogP contribution in [-0.2, 0) is 17.8 Å². The lowest BCUT2D eigenvalue weighted by Crippen LogP contribution is -2.39. The van der Waals surface area contributed by atoms with Gasteiger partial charge in [0, 0.05) is 31.2 Å². The normalized spacial score (nSPS) is 10.8. The zero-order valence-electron chi connectivity index (χ0n) is 20.3. The highest BCUT2D eigenvalue weighted by Crippen LogP contribution is 2.29. The topological polar surface area (TPSA) is 51.4 Å². The second-order valence-corrected chi connectivity index (χ2v) is 8.69. The Hall–Kier alpha value is -2.27. The van der Waals surface area contributed by atoms with Crippen LogP contribution < -0.4 is 19.4 Å². The van der Waals surface area contributed by atoms with Crippen molar-refractivity contribution in [2.24, 2.45) is 0 Å². The number of aryl methyl sites for hydroxylation is 1. The number of aromatic nitrogens is 1. The Morgan fingerprint density at radius 3 is 2.45 bits per heavy atom. The second kappa shape index (κ2) is 16.4. The first-order chi connectivity index (χ1) is 16.1. The number of nitrogens with one attached hydrogen (secondary N) is 1. The van der Waals surface area contributed by atoms with E-state index < -0.39 is 0 Å². The second-order valence-electron chi connectivity index (χ2n) is 8.28. The highest BCUT2D eigenvalue weighted by molar-refractivity contribution is 6.32. The number of nitrogens with zero attached hydrogens (tertiary/aromatic N) is 1. The average Bonchev–Trinajstić information content (AvgIpc) is 2.82. The van der Waals surface area contributed by atoms with Gasteiger partial charge >= 0.3 is 0 Å². The molecule has 0 atom stereocenters. The molecule has 0 saturated carbocycles. The molecule has 1 aromatic heterocycles. The molecule has 0 unspecified atom stereocenters. The molecule has 0 spiro atoms. The maximum atomic E-state index is 12.1. The Labute approximate surface area is 204 Å². The molecule has 0 aliphatic heterocycles. The highest BCUT2D eigenvalue weighted by atomic mass is 35.5. The van der Waals surface area contributed by atoms with Crippen LogP contribution in [0, 0.1) is 0 Å². The maximum absolute atomic E-state index is 12.1. The molecule has 182 valence electrons. The molecule has 0 bridgehead atoms. The number of benzene rings is 1. The maximum Gasteiger partial charge on any atom is 0.257 e. The van der Waals surface area contributed by atoms with Gasteiger partial charge in [0.2, 0.25) is 0 Å². The molecule has 1 N–H and O–H groups in total. The number of hydrogen-bond acceptors (Lipinski definition) is 3. The summed E-state index contributed by atoms with van der Waals surface area (Å²) in [6, 6.07) is 11.4. The van der Waals surface area contributed by atoms with Crippen molar-refractivity contribution < 1.29 is 18.8 Å². The van der Waals surface area contributed by atoms with E-state index in [0.29, 0.717) is 23.9 Å². The van der Waals surface area contributed by atoms with Crippen LogP contribution >= 0.6 is 11.6 Å². The van der Waals surface area contributed by atoms with Gasteiger partial charge in [-0.2, -0.15) is 0 Å². The number of halogens is 1. The summed E-state index contributed by atoms with van der Waals surface area (Å²) in [6.45, 7) is 6.44. The Bertz CT molecular complexity index is 829. The summed E-state index contributed by atoms with van der Waals surface area (Å²) in [6.07, 6.45) is 13.0. The summed E-state index contributed by atoms with van der Waals surface area (Å²) < 4.78 is 13.6. The van der Waals surface area contributed by atoms with Crippen molar-refractivity contribution in [3.8, 4) is 11.5 Å². The van der Waals surface area contributed by atoms with Gasteiger partial charge in [0.05, 0.1) is 11.6 Å².